The Bertz CT molecular complexity index is 1610. The van der Waals surface area contributed by atoms with Crippen molar-refractivity contribution in [2.24, 2.45) is 0 Å². The van der Waals surface area contributed by atoms with Crippen LogP contribution >= 0.6 is 23.4 Å². The zero-order valence-corrected chi connectivity index (χ0v) is 23.7. The third-order valence-corrected chi connectivity index (χ3v) is 7.05. The fourth-order valence-corrected chi connectivity index (χ4v) is 4.53. The maximum Gasteiger partial charge on any atom is 0.272 e. The van der Waals surface area contributed by atoms with Crippen LogP contribution in [-0.4, -0.2) is 32.9 Å². The van der Waals surface area contributed by atoms with E-state index in [9.17, 15) is 24.5 Å². The van der Waals surface area contributed by atoms with Crippen molar-refractivity contribution in [3.8, 4) is 0 Å². The van der Waals surface area contributed by atoms with Crippen LogP contribution in [0.3, 0.4) is 0 Å². The average molecular weight is 602 g/mol. The first kappa shape index (κ1) is 30.0. The normalized spacial score (nSPS) is 11.7. The highest BCUT2D eigenvalue weighted by molar-refractivity contribution is 8.00. The van der Waals surface area contributed by atoms with Crippen LogP contribution in [-0.2, 0) is 9.59 Å². The summed E-state index contributed by atoms with van der Waals surface area (Å²) in [6.45, 7) is 1.76. The molecular formula is C30H24ClN5O5S. The number of aromatic nitrogens is 1. The van der Waals surface area contributed by atoms with E-state index in [0.29, 0.717) is 27.7 Å². The number of nitro benzene ring substituents is 1. The van der Waals surface area contributed by atoms with Crippen molar-refractivity contribution < 1.29 is 19.3 Å². The van der Waals surface area contributed by atoms with Crippen LogP contribution in [0.15, 0.2) is 108 Å². The molecule has 3 N–H and O–H groups in total. The second-order valence-corrected chi connectivity index (χ2v) is 10.7. The third kappa shape index (κ3) is 8.50. The quantitative estimate of drug-likeness (QED) is 0.0853. The Morgan fingerprint density at radius 1 is 0.929 bits per heavy atom. The van der Waals surface area contributed by atoms with E-state index in [2.05, 4.69) is 20.9 Å². The summed E-state index contributed by atoms with van der Waals surface area (Å²) < 4.78 is 0. The number of nitrogens with zero attached hydrogens (tertiary/aromatic N) is 2. The summed E-state index contributed by atoms with van der Waals surface area (Å²) in [7, 11) is 0. The summed E-state index contributed by atoms with van der Waals surface area (Å²) in [5.74, 6) is -0.929. The Morgan fingerprint density at radius 3 is 2.24 bits per heavy atom. The van der Waals surface area contributed by atoms with Gasteiger partial charge in [-0.2, -0.15) is 0 Å². The molecule has 0 bridgehead atoms. The Kier molecular flexibility index (Phi) is 10.0. The van der Waals surface area contributed by atoms with Gasteiger partial charge < -0.3 is 16.0 Å². The molecule has 0 aliphatic rings. The van der Waals surface area contributed by atoms with Crippen molar-refractivity contribution in [2.75, 3.05) is 10.6 Å². The van der Waals surface area contributed by atoms with Crippen LogP contribution < -0.4 is 16.0 Å². The van der Waals surface area contributed by atoms with Crippen LogP contribution in [0.5, 0.6) is 0 Å². The monoisotopic (exact) mass is 601 g/mol. The topological polar surface area (TPSA) is 143 Å². The van der Waals surface area contributed by atoms with E-state index < -0.39 is 22.0 Å². The highest BCUT2D eigenvalue weighted by Gasteiger charge is 2.17. The fraction of sp³-hybridized carbons (Fsp3) is 0.0667. The lowest BCUT2D eigenvalue weighted by Crippen LogP contribution is -2.30. The lowest BCUT2D eigenvalue weighted by Gasteiger charge is -2.13. The van der Waals surface area contributed by atoms with Gasteiger partial charge in [-0.25, -0.2) is 4.98 Å². The van der Waals surface area contributed by atoms with Gasteiger partial charge in [-0.15, -0.1) is 11.8 Å². The van der Waals surface area contributed by atoms with Crippen LogP contribution in [0.1, 0.15) is 22.8 Å². The first-order valence-corrected chi connectivity index (χ1v) is 13.8. The SMILES string of the molecule is CC(Sc1ccc(NC(=O)/C(=C/c2ccc([N+](=O)[O-])cc2)NC(=O)c2ccccc2)cc1)C(=O)Nc1ccc(Cl)cn1. The molecule has 42 heavy (non-hydrogen) atoms. The van der Waals surface area contributed by atoms with E-state index in [-0.39, 0.29) is 17.3 Å². The number of hydrogen-bond acceptors (Lipinski definition) is 7. The van der Waals surface area contributed by atoms with Crippen molar-refractivity contribution in [1.29, 1.82) is 0 Å². The summed E-state index contributed by atoms with van der Waals surface area (Å²) in [5.41, 5.74) is 1.13. The largest absolute Gasteiger partial charge is 0.321 e. The number of rotatable bonds is 10. The highest BCUT2D eigenvalue weighted by Crippen LogP contribution is 2.26. The van der Waals surface area contributed by atoms with E-state index in [1.165, 1.54) is 48.3 Å². The Morgan fingerprint density at radius 2 is 1.62 bits per heavy atom. The number of nitrogens with one attached hydrogen (secondary N) is 3. The molecule has 10 nitrogen and oxygen atoms in total. The van der Waals surface area contributed by atoms with Gasteiger partial charge in [0.1, 0.15) is 11.5 Å². The summed E-state index contributed by atoms with van der Waals surface area (Å²) in [6.07, 6.45) is 2.88. The van der Waals surface area contributed by atoms with Crippen molar-refractivity contribution in [3.05, 3.63) is 129 Å². The van der Waals surface area contributed by atoms with Gasteiger partial charge in [0.25, 0.3) is 17.5 Å². The van der Waals surface area contributed by atoms with Crippen molar-refractivity contribution in [2.45, 2.75) is 17.1 Å². The molecular weight excluding hydrogens is 578 g/mol. The molecule has 0 radical (unpaired) electrons. The van der Waals surface area contributed by atoms with Gasteiger partial charge in [0.2, 0.25) is 5.91 Å². The predicted molar refractivity (Wildman–Crippen MR) is 163 cm³/mol. The number of carbonyl (C=O) groups excluding carboxylic acids is 3. The summed E-state index contributed by atoms with van der Waals surface area (Å²) in [5, 5.41) is 19.1. The second kappa shape index (κ2) is 14.1. The average Bonchev–Trinajstić information content (AvgIpc) is 2.99. The number of carbonyl (C=O) groups is 3. The van der Waals surface area contributed by atoms with E-state index in [1.807, 2.05) is 0 Å². The number of amides is 3. The number of nitro groups is 1. The van der Waals surface area contributed by atoms with Crippen molar-refractivity contribution in [3.63, 3.8) is 0 Å². The van der Waals surface area contributed by atoms with Gasteiger partial charge in [-0.1, -0.05) is 29.8 Å². The fourth-order valence-electron chi connectivity index (χ4n) is 3.55. The molecule has 4 aromatic rings. The molecule has 1 unspecified atom stereocenters. The third-order valence-electron chi connectivity index (χ3n) is 5.72. The van der Waals surface area contributed by atoms with Crippen LogP contribution in [0.25, 0.3) is 6.08 Å². The molecule has 3 amide bonds. The molecule has 212 valence electrons. The lowest BCUT2D eigenvalue weighted by molar-refractivity contribution is -0.384. The molecule has 1 aromatic heterocycles. The van der Waals surface area contributed by atoms with Gasteiger partial charge in [0.05, 0.1) is 15.2 Å². The molecule has 0 aliphatic carbocycles. The summed E-state index contributed by atoms with van der Waals surface area (Å²) >= 11 is 7.15. The molecule has 3 aromatic carbocycles. The Labute approximate surface area is 250 Å². The minimum Gasteiger partial charge on any atom is -0.321 e. The standard InChI is InChI=1S/C30H24ClN5O5S/c1-19(28(37)35-27-16-9-22(31)18-32-27)42-25-14-10-23(11-15-25)33-30(39)26(34-29(38)21-5-3-2-4-6-21)17-20-7-12-24(13-8-20)36(40)41/h2-19H,1H3,(H,33,39)(H,34,38)(H,32,35,37)/b26-17-. The maximum absolute atomic E-state index is 13.2. The van der Waals surface area contributed by atoms with Crippen molar-refractivity contribution >= 4 is 64.4 Å². The van der Waals surface area contributed by atoms with Crippen LogP contribution in [0, 0.1) is 10.1 Å². The zero-order valence-electron chi connectivity index (χ0n) is 22.1. The van der Waals surface area contributed by atoms with Gasteiger partial charge in [-0.3, -0.25) is 24.5 Å². The molecule has 0 spiro atoms. The highest BCUT2D eigenvalue weighted by atomic mass is 35.5. The van der Waals surface area contributed by atoms with Gasteiger partial charge in [0.15, 0.2) is 0 Å². The molecule has 0 saturated carbocycles. The number of non-ortho nitro benzene ring substituents is 1. The zero-order chi connectivity index (χ0) is 30.1. The smallest absolute Gasteiger partial charge is 0.272 e. The molecule has 1 heterocycles. The first-order chi connectivity index (χ1) is 20.2. The molecule has 0 saturated heterocycles. The van der Waals surface area contributed by atoms with Crippen LogP contribution in [0.4, 0.5) is 17.2 Å². The molecule has 0 aliphatic heterocycles. The van der Waals surface area contributed by atoms with E-state index in [1.54, 1.807) is 73.7 Å². The minimum atomic E-state index is -0.596. The summed E-state index contributed by atoms with van der Waals surface area (Å²) in [4.78, 5) is 53.9. The summed E-state index contributed by atoms with van der Waals surface area (Å²) in [6, 6.07) is 24.1. The van der Waals surface area contributed by atoms with E-state index in [0.717, 1.165) is 4.90 Å². The van der Waals surface area contributed by atoms with Gasteiger partial charge in [-0.05, 0) is 79.2 Å². The second-order valence-electron chi connectivity index (χ2n) is 8.82. The Balaban J connectivity index is 1.44. The van der Waals surface area contributed by atoms with E-state index >= 15 is 0 Å². The predicted octanol–water partition coefficient (Wildman–Crippen LogP) is 6.17. The van der Waals surface area contributed by atoms with Crippen molar-refractivity contribution in [1.82, 2.24) is 10.3 Å². The number of thioether (sulfide) groups is 1. The minimum absolute atomic E-state index is 0.0581. The lowest BCUT2D eigenvalue weighted by atomic mass is 10.1. The number of hydrogen-bond donors (Lipinski definition) is 3. The van der Waals surface area contributed by atoms with E-state index in [4.69, 9.17) is 11.6 Å². The molecule has 4 rings (SSSR count). The molecule has 1 atom stereocenters. The van der Waals surface area contributed by atoms with Crippen LogP contribution in [0.2, 0.25) is 5.02 Å². The first-order valence-electron chi connectivity index (χ1n) is 12.5. The number of anilines is 2. The van der Waals surface area contributed by atoms with Gasteiger partial charge in [0, 0.05) is 34.5 Å². The maximum atomic E-state index is 13.2. The number of halogens is 1. The number of benzene rings is 3. The van der Waals surface area contributed by atoms with Gasteiger partial charge >= 0.3 is 0 Å². The Hall–Kier alpha value is -5.00. The molecule has 0 fully saturated rings. The number of pyridine rings is 1. The molecule has 12 heteroatoms.